The van der Waals surface area contributed by atoms with Crippen LogP contribution < -0.4 is 5.32 Å². The van der Waals surface area contributed by atoms with Gasteiger partial charge in [0.1, 0.15) is 0 Å². The van der Waals surface area contributed by atoms with E-state index in [1.807, 2.05) is 30.3 Å². The Morgan fingerprint density at radius 3 is 2.41 bits per heavy atom. The van der Waals surface area contributed by atoms with Gasteiger partial charge in [-0.15, -0.1) is 0 Å². The zero-order valence-electron chi connectivity index (χ0n) is 13.0. The Bertz CT molecular complexity index is 545. The van der Waals surface area contributed by atoms with Crippen LogP contribution in [0.2, 0.25) is 0 Å². The molecule has 118 valence electrons. The summed E-state index contributed by atoms with van der Waals surface area (Å²) in [6, 6.07) is 10.1. The van der Waals surface area contributed by atoms with Crippen molar-refractivity contribution in [2.75, 3.05) is 0 Å². The topological polar surface area (TPSA) is 55.4 Å². The second-order valence-corrected chi connectivity index (χ2v) is 6.49. The van der Waals surface area contributed by atoms with Crippen molar-refractivity contribution in [1.82, 2.24) is 5.32 Å². The van der Waals surface area contributed by atoms with Crippen molar-refractivity contribution >= 4 is 11.9 Å². The molecule has 0 aromatic heterocycles. The van der Waals surface area contributed by atoms with E-state index in [1.165, 1.54) is 0 Å². The summed E-state index contributed by atoms with van der Waals surface area (Å²) in [5.41, 5.74) is 0.433. The number of ether oxygens (including phenoxy) is 1. The van der Waals surface area contributed by atoms with Crippen molar-refractivity contribution in [3.05, 3.63) is 35.9 Å². The van der Waals surface area contributed by atoms with E-state index < -0.39 is 11.5 Å². The van der Waals surface area contributed by atoms with Crippen LogP contribution in [0, 0.1) is 0 Å². The van der Waals surface area contributed by atoms with Gasteiger partial charge in [-0.05, 0) is 38.2 Å². The molecule has 0 saturated heterocycles. The number of carbonyl (C=O) groups excluding carboxylic acids is 2. The lowest BCUT2D eigenvalue weighted by atomic mass is 9.79. The molecule has 0 aliphatic heterocycles. The maximum Gasteiger partial charge on any atom is 0.317 e. The molecule has 3 rings (SSSR count). The van der Waals surface area contributed by atoms with Gasteiger partial charge in [0.25, 0.3) is 5.91 Å². The Morgan fingerprint density at radius 1 is 1.18 bits per heavy atom. The van der Waals surface area contributed by atoms with Gasteiger partial charge in [-0.1, -0.05) is 43.2 Å². The number of benzene rings is 1. The van der Waals surface area contributed by atoms with Crippen molar-refractivity contribution in [2.45, 2.75) is 63.0 Å². The Labute approximate surface area is 131 Å². The molecule has 1 N–H and O–H groups in total. The first-order valence-electron chi connectivity index (χ1n) is 8.19. The summed E-state index contributed by atoms with van der Waals surface area (Å²) in [6.45, 7) is 1.66. The second kappa shape index (κ2) is 6.11. The highest BCUT2D eigenvalue weighted by molar-refractivity contribution is 5.88. The molecule has 1 aromatic rings. The molecule has 1 amide bonds. The number of nitrogens with one attached hydrogen (secondary N) is 1. The molecule has 0 radical (unpaired) electrons. The first kappa shape index (κ1) is 15.1. The third-order valence-electron chi connectivity index (χ3n) is 4.75. The monoisotopic (exact) mass is 301 g/mol. The lowest BCUT2D eigenvalue weighted by Crippen LogP contribution is -2.42. The maximum absolute atomic E-state index is 12.8. The number of amides is 1. The number of carbonyl (C=O) groups is 2. The minimum absolute atomic E-state index is 0.183. The third-order valence-corrected chi connectivity index (χ3v) is 4.75. The predicted molar refractivity (Wildman–Crippen MR) is 83.3 cm³/mol. The number of hydrogen-bond acceptors (Lipinski definition) is 3. The van der Waals surface area contributed by atoms with Crippen LogP contribution in [0.4, 0.5) is 0 Å². The van der Waals surface area contributed by atoms with E-state index >= 15 is 0 Å². The van der Waals surface area contributed by atoms with Crippen LogP contribution in [0.1, 0.15) is 51.0 Å². The Kier molecular flexibility index (Phi) is 4.19. The summed E-state index contributed by atoms with van der Waals surface area (Å²) in [7, 11) is 0. The number of esters is 1. The van der Waals surface area contributed by atoms with E-state index in [2.05, 4.69) is 5.32 Å². The molecule has 1 atom stereocenters. The molecule has 2 aliphatic rings. The summed E-state index contributed by atoms with van der Waals surface area (Å²) in [5.74, 6) is -0.438. The Morgan fingerprint density at radius 2 is 1.82 bits per heavy atom. The molecule has 2 fully saturated rings. The summed E-state index contributed by atoms with van der Waals surface area (Å²) in [5, 5.41) is 2.89. The minimum atomic E-state index is -0.728. The molecule has 22 heavy (non-hydrogen) atoms. The molecule has 2 aliphatic carbocycles. The van der Waals surface area contributed by atoms with Gasteiger partial charge < -0.3 is 10.1 Å². The average Bonchev–Trinajstić information content (AvgIpc) is 3.20. The third kappa shape index (κ3) is 3.01. The lowest BCUT2D eigenvalue weighted by molar-refractivity contribution is -0.160. The zero-order chi connectivity index (χ0) is 15.6. The molecular weight excluding hydrogens is 278 g/mol. The van der Waals surface area contributed by atoms with Gasteiger partial charge >= 0.3 is 5.97 Å². The zero-order valence-corrected chi connectivity index (χ0v) is 13.0. The summed E-state index contributed by atoms with van der Waals surface area (Å²) >= 11 is 0. The van der Waals surface area contributed by atoms with Gasteiger partial charge in [0.15, 0.2) is 6.10 Å². The van der Waals surface area contributed by atoms with Crippen molar-refractivity contribution in [3.63, 3.8) is 0 Å². The van der Waals surface area contributed by atoms with Crippen LogP contribution in [0.25, 0.3) is 0 Å². The van der Waals surface area contributed by atoms with Gasteiger partial charge in [0.05, 0.1) is 5.41 Å². The van der Waals surface area contributed by atoms with E-state index in [-0.39, 0.29) is 17.9 Å². The van der Waals surface area contributed by atoms with Crippen LogP contribution in [0.15, 0.2) is 30.3 Å². The summed E-state index contributed by atoms with van der Waals surface area (Å²) < 4.78 is 5.53. The first-order valence-corrected chi connectivity index (χ1v) is 8.19. The molecule has 4 nitrogen and oxygen atoms in total. The van der Waals surface area contributed by atoms with Crippen LogP contribution in [0.5, 0.6) is 0 Å². The van der Waals surface area contributed by atoms with Crippen LogP contribution in [-0.4, -0.2) is 24.0 Å². The molecule has 0 bridgehead atoms. The fourth-order valence-corrected chi connectivity index (χ4v) is 3.22. The maximum atomic E-state index is 12.8. The van der Waals surface area contributed by atoms with Crippen molar-refractivity contribution in [3.8, 4) is 0 Å². The highest BCUT2D eigenvalue weighted by atomic mass is 16.5. The SMILES string of the molecule is CC(OC(=O)C1(c2ccccc2)CCCC1)C(=O)NC1CC1. The molecule has 0 spiro atoms. The van der Waals surface area contributed by atoms with Gasteiger partial charge in [-0.2, -0.15) is 0 Å². The van der Waals surface area contributed by atoms with Crippen LogP contribution >= 0.6 is 0 Å². The van der Waals surface area contributed by atoms with E-state index in [0.717, 1.165) is 44.1 Å². The highest BCUT2D eigenvalue weighted by Crippen LogP contribution is 2.42. The Balaban J connectivity index is 1.71. The van der Waals surface area contributed by atoms with Gasteiger partial charge in [0, 0.05) is 6.04 Å². The standard InChI is InChI=1S/C18H23NO3/c1-13(16(20)19-15-9-10-15)22-17(21)18(11-5-6-12-18)14-7-3-2-4-8-14/h2-4,7-8,13,15H,5-6,9-12H2,1H3,(H,19,20). The van der Waals surface area contributed by atoms with E-state index in [0.29, 0.717) is 0 Å². The molecule has 1 aromatic carbocycles. The largest absolute Gasteiger partial charge is 0.452 e. The average molecular weight is 301 g/mol. The fraction of sp³-hybridized carbons (Fsp3) is 0.556. The number of rotatable bonds is 5. The summed E-state index contributed by atoms with van der Waals surface area (Å²) in [6.07, 6.45) is 4.97. The fourth-order valence-electron chi connectivity index (χ4n) is 3.22. The van der Waals surface area contributed by atoms with E-state index in [1.54, 1.807) is 6.92 Å². The van der Waals surface area contributed by atoms with Crippen molar-refractivity contribution in [1.29, 1.82) is 0 Å². The molecule has 2 saturated carbocycles. The number of hydrogen-bond donors (Lipinski definition) is 1. The van der Waals surface area contributed by atoms with Crippen LogP contribution in [-0.2, 0) is 19.7 Å². The molecule has 0 heterocycles. The summed E-state index contributed by atoms with van der Waals surface area (Å²) in [4.78, 5) is 24.8. The van der Waals surface area contributed by atoms with E-state index in [4.69, 9.17) is 4.74 Å². The highest BCUT2D eigenvalue weighted by Gasteiger charge is 2.45. The predicted octanol–water partition coefficient (Wildman–Crippen LogP) is 2.71. The Hall–Kier alpha value is -1.84. The molecular formula is C18H23NO3. The van der Waals surface area contributed by atoms with Crippen molar-refractivity contribution in [2.24, 2.45) is 0 Å². The van der Waals surface area contributed by atoms with Gasteiger partial charge in [0.2, 0.25) is 0 Å². The second-order valence-electron chi connectivity index (χ2n) is 6.49. The van der Waals surface area contributed by atoms with Crippen LogP contribution in [0.3, 0.4) is 0 Å². The smallest absolute Gasteiger partial charge is 0.317 e. The van der Waals surface area contributed by atoms with Gasteiger partial charge in [-0.25, -0.2) is 0 Å². The minimum Gasteiger partial charge on any atom is -0.452 e. The molecule has 1 unspecified atom stereocenters. The molecule has 4 heteroatoms. The lowest BCUT2D eigenvalue weighted by Gasteiger charge is -2.28. The van der Waals surface area contributed by atoms with Gasteiger partial charge in [-0.3, -0.25) is 9.59 Å². The normalized spacial score (nSPS) is 21.1. The van der Waals surface area contributed by atoms with E-state index in [9.17, 15) is 9.59 Å². The van der Waals surface area contributed by atoms with Crippen molar-refractivity contribution < 1.29 is 14.3 Å². The first-order chi connectivity index (χ1) is 10.6. The quantitative estimate of drug-likeness (QED) is 0.851.